The van der Waals surface area contributed by atoms with E-state index in [1.54, 1.807) is 24.3 Å². The van der Waals surface area contributed by atoms with E-state index in [0.29, 0.717) is 5.96 Å². The number of fused-ring (bicyclic) bond motifs is 1. The number of anilines is 1. The lowest BCUT2D eigenvalue weighted by molar-refractivity contribution is 0.576. The summed E-state index contributed by atoms with van der Waals surface area (Å²) >= 11 is 0. The Morgan fingerprint density at radius 3 is 2.32 bits per heavy atom. The van der Waals surface area contributed by atoms with Gasteiger partial charge in [0, 0.05) is 11.3 Å². The summed E-state index contributed by atoms with van der Waals surface area (Å²) in [6.45, 7) is 1.91. The second kappa shape index (κ2) is 7.46. The molecule has 3 aromatic rings. The molecule has 1 heterocycles. The normalized spacial score (nSPS) is 15.9. The maximum atomic E-state index is 12.5. The number of aliphatic imine (C=N–C) groups is 1. The molecule has 4 rings (SSSR count). The van der Waals surface area contributed by atoms with E-state index in [4.69, 9.17) is 0 Å². The fourth-order valence-corrected chi connectivity index (χ4v) is 3.90. The lowest BCUT2D eigenvalue weighted by Gasteiger charge is -2.26. The number of hydrazine groups is 1. The number of para-hydroxylation sites is 1. The summed E-state index contributed by atoms with van der Waals surface area (Å²) in [6, 6.07) is 24.1. The first kappa shape index (κ1) is 18.2. The number of benzene rings is 3. The highest BCUT2D eigenvalue weighted by Gasteiger charge is 2.23. The summed E-state index contributed by atoms with van der Waals surface area (Å²) in [6.07, 6.45) is 0. The third-order valence-corrected chi connectivity index (χ3v) is 5.78. The Bertz CT molecular complexity index is 1110. The van der Waals surface area contributed by atoms with E-state index in [2.05, 4.69) is 20.6 Å². The third-order valence-electron chi connectivity index (χ3n) is 4.52. The Morgan fingerprint density at radius 1 is 0.893 bits per heavy atom. The number of sulfonamides is 1. The minimum Gasteiger partial charge on any atom is -0.325 e. The van der Waals surface area contributed by atoms with Crippen LogP contribution in [0.25, 0.3) is 0 Å². The molecule has 1 aliphatic heterocycles. The minimum atomic E-state index is -3.72. The van der Waals surface area contributed by atoms with Crippen LogP contribution in [0.3, 0.4) is 0 Å². The van der Waals surface area contributed by atoms with Gasteiger partial charge in [-0.3, -0.25) is 5.43 Å². The highest BCUT2D eigenvalue weighted by molar-refractivity contribution is 7.89. The number of nitrogens with zero attached hydrogens (tertiary/aromatic N) is 1. The summed E-state index contributed by atoms with van der Waals surface area (Å²) < 4.78 is 25.1. The van der Waals surface area contributed by atoms with Crippen LogP contribution in [0, 0.1) is 6.92 Å². The van der Waals surface area contributed by atoms with Crippen molar-refractivity contribution in [2.45, 2.75) is 17.9 Å². The molecule has 3 N–H and O–H groups in total. The predicted molar refractivity (Wildman–Crippen MR) is 110 cm³/mol. The second-order valence-electron chi connectivity index (χ2n) is 6.55. The Labute approximate surface area is 164 Å². The number of nitrogens with one attached hydrogen (secondary N) is 3. The molecule has 0 saturated carbocycles. The van der Waals surface area contributed by atoms with Gasteiger partial charge in [-0.25, -0.2) is 13.4 Å². The van der Waals surface area contributed by atoms with Crippen LogP contribution in [-0.4, -0.2) is 14.4 Å². The molecular formula is C21H20N4O2S. The fourth-order valence-electron chi connectivity index (χ4n) is 3.05. The maximum Gasteiger partial charge on any atom is 0.257 e. The van der Waals surface area contributed by atoms with Gasteiger partial charge in [0.1, 0.15) is 6.04 Å². The van der Waals surface area contributed by atoms with Gasteiger partial charge in [-0.15, -0.1) is 4.83 Å². The van der Waals surface area contributed by atoms with Gasteiger partial charge in [0.05, 0.1) is 4.90 Å². The minimum absolute atomic E-state index is 0.182. The van der Waals surface area contributed by atoms with Crippen LogP contribution in [0.5, 0.6) is 0 Å². The lowest BCUT2D eigenvalue weighted by atomic mass is 9.97. The Hall–Kier alpha value is -3.16. The topological polar surface area (TPSA) is 82.6 Å². The number of guanidine groups is 1. The second-order valence-corrected chi connectivity index (χ2v) is 8.23. The molecule has 142 valence electrons. The first-order valence-corrected chi connectivity index (χ1v) is 10.3. The molecule has 6 nitrogen and oxygen atoms in total. The molecule has 7 heteroatoms. The molecule has 0 unspecified atom stereocenters. The van der Waals surface area contributed by atoms with Crippen LogP contribution in [0.4, 0.5) is 5.69 Å². The van der Waals surface area contributed by atoms with Crippen molar-refractivity contribution in [1.82, 2.24) is 10.3 Å². The summed E-state index contributed by atoms with van der Waals surface area (Å²) in [5.41, 5.74) is 6.64. The zero-order chi connectivity index (χ0) is 19.6. The number of hydrogen-bond acceptors (Lipinski definition) is 5. The highest BCUT2D eigenvalue weighted by atomic mass is 32.2. The van der Waals surface area contributed by atoms with Gasteiger partial charge in [0.25, 0.3) is 10.0 Å². The van der Waals surface area contributed by atoms with Crippen molar-refractivity contribution in [3.05, 3.63) is 95.6 Å². The summed E-state index contributed by atoms with van der Waals surface area (Å²) in [4.78, 5) is 7.25. The SMILES string of the molecule is Cc1ccc(S(=O)(=O)NNC2=N[C@H](c3ccccc3)c3ccccc3N2)cc1. The first-order valence-electron chi connectivity index (χ1n) is 8.86. The molecule has 0 amide bonds. The summed E-state index contributed by atoms with van der Waals surface area (Å²) in [7, 11) is -3.72. The molecular weight excluding hydrogens is 372 g/mol. The monoisotopic (exact) mass is 392 g/mol. The average Bonchev–Trinajstić information content (AvgIpc) is 2.73. The molecule has 1 atom stereocenters. The van der Waals surface area contributed by atoms with Crippen LogP contribution in [-0.2, 0) is 10.0 Å². The molecule has 0 spiro atoms. The zero-order valence-corrected chi connectivity index (χ0v) is 16.1. The molecule has 28 heavy (non-hydrogen) atoms. The van der Waals surface area contributed by atoms with E-state index < -0.39 is 10.0 Å². The van der Waals surface area contributed by atoms with Gasteiger partial charge >= 0.3 is 0 Å². The lowest BCUT2D eigenvalue weighted by Crippen LogP contribution is -2.46. The first-order chi connectivity index (χ1) is 13.5. The van der Waals surface area contributed by atoms with Crippen molar-refractivity contribution < 1.29 is 8.42 Å². The van der Waals surface area contributed by atoms with E-state index in [0.717, 1.165) is 22.4 Å². The van der Waals surface area contributed by atoms with Crippen LogP contribution in [0.2, 0.25) is 0 Å². The Balaban J connectivity index is 1.59. The van der Waals surface area contributed by atoms with Gasteiger partial charge in [-0.1, -0.05) is 66.2 Å². The van der Waals surface area contributed by atoms with Gasteiger partial charge in [0.15, 0.2) is 0 Å². The summed E-state index contributed by atoms with van der Waals surface area (Å²) in [5, 5.41) is 3.14. The van der Waals surface area contributed by atoms with Gasteiger partial charge in [-0.2, -0.15) is 0 Å². The highest BCUT2D eigenvalue weighted by Crippen LogP contribution is 2.34. The fraction of sp³-hybridized carbons (Fsp3) is 0.0952. The van der Waals surface area contributed by atoms with Gasteiger partial charge in [0.2, 0.25) is 5.96 Å². The average molecular weight is 392 g/mol. The molecule has 0 bridgehead atoms. The molecule has 0 aromatic heterocycles. The van der Waals surface area contributed by atoms with Crippen molar-refractivity contribution in [3.63, 3.8) is 0 Å². The van der Waals surface area contributed by atoms with Crippen molar-refractivity contribution in [2.75, 3.05) is 5.32 Å². The molecule has 0 radical (unpaired) electrons. The summed E-state index contributed by atoms with van der Waals surface area (Å²) in [5.74, 6) is 0.336. The van der Waals surface area contributed by atoms with Crippen molar-refractivity contribution in [1.29, 1.82) is 0 Å². The van der Waals surface area contributed by atoms with Crippen molar-refractivity contribution in [3.8, 4) is 0 Å². The van der Waals surface area contributed by atoms with Crippen molar-refractivity contribution >= 4 is 21.7 Å². The van der Waals surface area contributed by atoms with Crippen LogP contribution in [0.15, 0.2) is 88.8 Å². The Morgan fingerprint density at radius 2 is 1.57 bits per heavy atom. The standard InChI is InChI=1S/C21H20N4O2S/c1-15-11-13-17(14-12-15)28(26,27)25-24-21-22-19-10-6-5-9-18(19)20(23-21)16-7-3-2-4-8-16/h2-14,20,25H,1H3,(H2,22,23,24)/t20-/m1/s1. The number of hydrogen-bond donors (Lipinski definition) is 3. The Kier molecular flexibility index (Phi) is 4.85. The van der Waals surface area contributed by atoms with E-state index in [1.165, 1.54) is 0 Å². The predicted octanol–water partition coefficient (Wildman–Crippen LogP) is 3.35. The maximum absolute atomic E-state index is 12.5. The van der Waals surface area contributed by atoms with E-state index >= 15 is 0 Å². The molecule has 1 aliphatic rings. The van der Waals surface area contributed by atoms with E-state index in [9.17, 15) is 8.42 Å². The molecule has 0 aliphatic carbocycles. The molecule has 3 aromatic carbocycles. The third kappa shape index (κ3) is 3.76. The largest absolute Gasteiger partial charge is 0.325 e. The van der Waals surface area contributed by atoms with Crippen LogP contribution in [0.1, 0.15) is 22.7 Å². The van der Waals surface area contributed by atoms with E-state index in [1.807, 2.05) is 61.5 Å². The van der Waals surface area contributed by atoms with E-state index in [-0.39, 0.29) is 10.9 Å². The number of aryl methyl sites for hydroxylation is 1. The van der Waals surface area contributed by atoms with Crippen LogP contribution >= 0.6 is 0 Å². The number of rotatable bonds is 4. The zero-order valence-electron chi connectivity index (χ0n) is 15.3. The van der Waals surface area contributed by atoms with Crippen LogP contribution < -0.4 is 15.6 Å². The van der Waals surface area contributed by atoms with Gasteiger partial charge in [-0.05, 0) is 30.7 Å². The smallest absolute Gasteiger partial charge is 0.257 e. The molecule has 0 fully saturated rings. The molecule has 0 saturated heterocycles. The van der Waals surface area contributed by atoms with Crippen molar-refractivity contribution in [2.24, 2.45) is 4.99 Å². The quantitative estimate of drug-likeness (QED) is 0.595. The van der Waals surface area contributed by atoms with Gasteiger partial charge < -0.3 is 5.32 Å².